The van der Waals surface area contributed by atoms with Crippen LogP contribution in [0.2, 0.25) is 15.1 Å². The molecule has 0 heterocycles. The molecule has 0 unspecified atom stereocenters. The minimum atomic E-state index is -4.88. The first-order valence-corrected chi connectivity index (χ1v) is 6.51. The number of hydrogen-bond acceptors (Lipinski definition) is 1. The molecule has 21 heavy (non-hydrogen) atoms. The quantitative estimate of drug-likeness (QED) is 0.448. The summed E-state index contributed by atoms with van der Waals surface area (Å²) >= 11 is 17.5. The van der Waals surface area contributed by atoms with Crippen molar-refractivity contribution in [3.05, 3.63) is 51.2 Å². The van der Waals surface area contributed by atoms with Crippen LogP contribution in [0, 0.1) is 5.82 Å². The topological polar surface area (TPSA) is 9.23 Å². The van der Waals surface area contributed by atoms with Crippen LogP contribution in [-0.2, 0) is 0 Å². The second kappa shape index (κ2) is 5.91. The molecule has 0 radical (unpaired) electrons. The maximum atomic E-state index is 13.8. The molecule has 0 aliphatic rings. The van der Waals surface area contributed by atoms with E-state index in [0.29, 0.717) is 0 Å². The molecule has 2 aromatic carbocycles. The first-order valence-electron chi connectivity index (χ1n) is 5.38. The predicted octanol–water partition coefficient (Wildman–Crippen LogP) is 6.35. The van der Waals surface area contributed by atoms with Crippen LogP contribution >= 0.6 is 34.8 Å². The van der Waals surface area contributed by atoms with Crippen LogP contribution in [-0.4, -0.2) is 6.36 Å². The molecule has 0 fully saturated rings. The molecule has 112 valence electrons. The Morgan fingerprint density at radius 1 is 0.857 bits per heavy atom. The van der Waals surface area contributed by atoms with E-state index in [1.54, 1.807) is 0 Å². The highest BCUT2D eigenvalue weighted by molar-refractivity contribution is 6.49. The van der Waals surface area contributed by atoms with Crippen LogP contribution in [0.15, 0.2) is 30.3 Å². The Hall–Kier alpha value is -1.17. The Morgan fingerprint density at radius 2 is 1.52 bits per heavy atom. The summed E-state index contributed by atoms with van der Waals surface area (Å²) in [5.41, 5.74) is -0.0727. The molecule has 0 aliphatic carbocycles. The van der Waals surface area contributed by atoms with Gasteiger partial charge in [-0.15, -0.1) is 13.2 Å². The van der Waals surface area contributed by atoms with Gasteiger partial charge in [0.25, 0.3) is 0 Å². The molecule has 0 aromatic heterocycles. The smallest absolute Gasteiger partial charge is 0.406 e. The number of rotatable bonds is 2. The van der Waals surface area contributed by atoms with Crippen molar-refractivity contribution >= 4 is 34.8 Å². The van der Waals surface area contributed by atoms with Gasteiger partial charge in [0.15, 0.2) is 0 Å². The molecule has 0 aliphatic heterocycles. The fourth-order valence-corrected chi connectivity index (χ4v) is 2.28. The van der Waals surface area contributed by atoms with Crippen molar-refractivity contribution in [2.75, 3.05) is 0 Å². The molecule has 0 bridgehead atoms. The number of alkyl halides is 3. The maximum absolute atomic E-state index is 13.8. The highest BCUT2D eigenvalue weighted by Crippen LogP contribution is 2.40. The lowest BCUT2D eigenvalue weighted by Gasteiger charge is -2.12. The first-order chi connectivity index (χ1) is 9.69. The SMILES string of the molecule is Fc1ccc(OC(F)(F)F)cc1-c1ccc(Cl)c(Cl)c1Cl. The summed E-state index contributed by atoms with van der Waals surface area (Å²) in [4.78, 5) is 0. The first kappa shape index (κ1) is 16.2. The zero-order chi connectivity index (χ0) is 15.8. The van der Waals surface area contributed by atoms with Crippen LogP contribution in [0.1, 0.15) is 0 Å². The van der Waals surface area contributed by atoms with Crippen LogP contribution in [0.25, 0.3) is 11.1 Å². The third-order valence-corrected chi connectivity index (χ3v) is 3.79. The largest absolute Gasteiger partial charge is 0.573 e. The summed E-state index contributed by atoms with van der Waals surface area (Å²) in [6.45, 7) is 0. The fourth-order valence-electron chi connectivity index (χ4n) is 1.64. The fraction of sp³-hybridized carbons (Fsp3) is 0.0769. The average Bonchev–Trinajstić information content (AvgIpc) is 2.37. The van der Waals surface area contributed by atoms with Gasteiger partial charge in [-0.1, -0.05) is 40.9 Å². The summed E-state index contributed by atoms with van der Waals surface area (Å²) in [5.74, 6) is -1.34. The third kappa shape index (κ3) is 3.73. The number of halogens is 7. The standard InChI is InChI=1S/C13H5Cl3F4O/c14-9-3-2-7(11(15)12(9)16)8-5-6(1-4-10(8)17)21-13(18,19)20/h1-5H. The lowest BCUT2D eigenvalue weighted by Crippen LogP contribution is -2.17. The molecule has 8 heteroatoms. The van der Waals surface area contributed by atoms with Gasteiger partial charge in [-0.05, 0) is 24.3 Å². The minimum absolute atomic E-state index is 0.0163. The van der Waals surface area contributed by atoms with E-state index in [4.69, 9.17) is 34.8 Å². The second-order valence-corrected chi connectivity index (χ2v) is 5.08. The number of benzene rings is 2. The number of ether oxygens (including phenoxy) is 1. The van der Waals surface area contributed by atoms with Crippen molar-refractivity contribution in [3.63, 3.8) is 0 Å². The highest BCUT2D eigenvalue weighted by Gasteiger charge is 2.31. The molecule has 0 amide bonds. The van der Waals surface area contributed by atoms with Crippen molar-refractivity contribution < 1.29 is 22.3 Å². The van der Waals surface area contributed by atoms with E-state index >= 15 is 0 Å². The van der Waals surface area contributed by atoms with Gasteiger partial charge in [-0.25, -0.2) is 4.39 Å². The van der Waals surface area contributed by atoms with Gasteiger partial charge in [0.1, 0.15) is 11.6 Å². The molecule has 2 rings (SSSR count). The van der Waals surface area contributed by atoms with Crippen LogP contribution in [0.4, 0.5) is 17.6 Å². The molecular weight excluding hydrogens is 354 g/mol. The molecule has 2 aromatic rings. The molecule has 0 spiro atoms. The van der Waals surface area contributed by atoms with Crippen molar-refractivity contribution in [2.45, 2.75) is 6.36 Å². The van der Waals surface area contributed by atoms with Crippen molar-refractivity contribution in [1.29, 1.82) is 0 Å². The van der Waals surface area contributed by atoms with Gasteiger partial charge in [-0.2, -0.15) is 0 Å². The van der Waals surface area contributed by atoms with Gasteiger partial charge in [0, 0.05) is 11.1 Å². The summed E-state index contributed by atoms with van der Waals surface area (Å²) in [6, 6.07) is 5.30. The van der Waals surface area contributed by atoms with E-state index in [2.05, 4.69) is 4.74 Å². The van der Waals surface area contributed by atoms with Gasteiger partial charge >= 0.3 is 6.36 Å². The van der Waals surface area contributed by atoms with Gasteiger partial charge in [0.05, 0.1) is 15.1 Å². The van der Waals surface area contributed by atoms with Gasteiger partial charge in [0.2, 0.25) is 0 Å². The van der Waals surface area contributed by atoms with Crippen LogP contribution < -0.4 is 4.74 Å². The third-order valence-electron chi connectivity index (χ3n) is 2.50. The van der Waals surface area contributed by atoms with E-state index in [0.717, 1.165) is 18.2 Å². The molecular formula is C13H5Cl3F4O. The second-order valence-electron chi connectivity index (χ2n) is 3.91. The zero-order valence-corrected chi connectivity index (χ0v) is 12.2. The van der Waals surface area contributed by atoms with E-state index in [1.165, 1.54) is 12.1 Å². The van der Waals surface area contributed by atoms with E-state index in [1.807, 2.05) is 0 Å². The summed E-state index contributed by atoms with van der Waals surface area (Å²) < 4.78 is 54.1. The van der Waals surface area contributed by atoms with Crippen molar-refractivity contribution in [2.24, 2.45) is 0 Å². The maximum Gasteiger partial charge on any atom is 0.573 e. The monoisotopic (exact) mass is 358 g/mol. The van der Waals surface area contributed by atoms with E-state index in [9.17, 15) is 17.6 Å². The predicted molar refractivity (Wildman–Crippen MR) is 73.5 cm³/mol. The summed E-state index contributed by atoms with van der Waals surface area (Å²) in [7, 11) is 0. The molecule has 0 saturated heterocycles. The summed E-state index contributed by atoms with van der Waals surface area (Å²) in [6.07, 6.45) is -4.88. The Labute approximate surface area is 132 Å². The number of hydrogen-bond donors (Lipinski definition) is 0. The molecule has 0 atom stereocenters. The Kier molecular flexibility index (Phi) is 4.56. The molecule has 0 N–H and O–H groups in total. The van der Waals surface area contributed by atoms with Crippen LogP contribution in [0.3, 0.4) is 0 Å². The van der Waals surface area contributed by atoms with Crippen molar-refractivity contribution in [3.8, 4) is 16.9 Å². The Balaban J connectivity index is 2.54. The minimum Gasteiger partial charge on any atom is -0.406 e. The van der Waals surface area contributed by atoms with E-state index in [-0.39, 0.29) is 26.2 Å². The summed E-state index contributed by atoms with van der Waals surface area (Å²) in [5, 5.41) is 0.0677. The zero-order valence-electron chi connectivity index (χ0n) is 9.94. The Morgan fingerprint density at radius 3 is 2.14 bits per heavy atom. The van der Waals surface area contributed by atoms with Crippen molar-refractivity contribution in [1.82, 2.24) is 0 Å². The Bertz CT molecular complexity index is 686. The lowest BCUT2D eigenvalue weighted by molar-refractivity contribution is -0.274. The van der Waals surface area contributed by atoms with Gasteiger partial charge in [-0.3, -0.25) is 0 Å². The lowest BCUT2D eigenvalue weighted by atomic mass is 10.0. The van der Waals surface area contributed by atoms with E-state index < -0.39 is 17.9 Å². The highest BCUT2D eigenvalue weighted by atomic mass is 35.5. The molecule has 1 nitrogen and oxygen atoms in total. The van der Waals surface area contributed by atoms with Crippen LogP contribution in [0.5, 0.6) is 5.75 Å². The van der Waals surface area contributed by atoms with Gasteiger partial charge < -0.3 is 4.74 Å². The average molecular weight is 360 g/mol. The molecule has 0 saturated carbocycles. The normalized spacial score (nSPS) is 11.6.